The number of benzene rings is 1. The Hall–Kier alpha value is -5.10. The summed E-state index contributed by atoms with van der Waals surface area (Å²) in [5, 5.41) is 21.2. The normalized spacial score (nSPS) is 16.2. The number of carbonyl (C=O) groups is 8. The summed E-state index contributed by atoms with van der Waals surface area (Å²) in [6.07, 6.45) is 1.34. The van der Waals surface area contributed by atoms with Crippen LogP contribution < -0.4 is 21.3 Å². The highest BCUT2D eigenvalue weighted by Gasteiger charge is 2.39. The Labute approximate surface area is 386 Å². The smallest absolute Gasteiger partial charge is 0.248 e. The molecule has 1 aromatic carbocycles. The minimum atomic E-state index is -1.37. The van der Waals surface area contributed by atoms with E-state index in [4.69, 9.17) is 4.74 Å². The molecule has 0 spiro atoms. The minimum Gasteiger partial charge on any atom is -0.391 e. The fourth-order valence-corrected chi connectivity index (χ4v) is 7.42. The second kappa shape index (κ2) is 26.1. The number of amides is 8. The maximum atomic E-state index is 14.7. The first-order chi connectivity index (χ1) is 30.2. The molecule has 1 fully saturated rings. The predicted molar refractivity (Wildman–Crippen MR) is 247 cm³/mol. The number of ether oxygens (including phenoxy) is 1. The first-order valence-corrected chi connectivity index (χ1v) is 22.8. The lowest BCUT2D eigenvalue weighted by Gasteiger charge is -2.35. The van der Waals surface area contributed by atoms with Gasteiger partial charge in [-0.3, -0.25) is 38.4 Å². The molecule has 7 atom stereocenters. The second-order valence-electron chi connectivity index (χ2n) is 19.3. The number of nitrogens with one attached hydrogen (secondary N) is 4. The standard InChI is InChI=1S/C47H78N8O10/c1-29(2)24-34(50-42(60)37(25-30(3)4)54(13)46(64)40(31(5)56)48-32(6)57)44(62)53(12)38(26-33-20-16-14-17-21-33)43(61)51-36(28-65-47(7,8)9)41(59)49-35(27-39(58)52(10)11)45(63)55-22-18-15-19-23-55/h14,16-17,20-21,29-31,34-38,40,56H,15,18-19,22-28H2,1-13H3,(H,48,57)(H,49,59)(H,50,60)(H,51,61)/t31?,34-,35-,36-,37-,38-,40-/m0/s1. The maximum Gasteiger partial charge on any atom is 0.248 e. The molecule has 5 N–H and O–H groups in total. The lowest BCUT2D eigenvalue weighted by molar-refractivity contribution is -0.147. The van der Waals surface area contributed by atoms with Gasteiger partial charge in [0.25, 0.3) is 0 Å². The lowest BCUT2D eigenvalue weighted by atomic mass is 9.97. The highest BCUT2D eigenvalue weighted by atomic mass is 16.5. The van der Waals surface area contributed by atoms with Gasteiger partial charge in [-0.1, -0.05) is 58.0 Å². The van der Waals surface area contributed by atoms with Crippen molar-refractivity contribution in [2.24, 2.45) is 11.8 Å². The molecule has 0 aromatic heterocycles. The third-order valence-electron chi connectivity index (χ3n) is 11.1. The molecule has 18 heteroatoms. The van der Waals surface area contributed by atoms with Crippen LogP contribution >= 0.6 is 0 Å². The second-order valence-corrected chi connectivity index (χ2v) is 19.3. The third kappa shape index (κ3) is 18.7. The van der Waals surface area contributed by atoms with Crippen LogP contribution in [0.2, 0.25) is 0 Å². The van der Waals surface area contributed by atoms with E-state index < -0.39 is 89.3 Å². The average Bonchev–Trinajstić information content (AvgIpc) is 3.23. The van der Waals surface area contributed by atoms with Crippen molar-refractivity contribution in [3.05, 3.63) is 35.9 Å². The van der Waals surface area contributed by atoms with E-state index in [1.807, 2.05) is 33.8 Å². The monoisotopic (exact) mass is 915 g/mol. The zero-order valence-corrected chi connectivity index (χ0v) is 41.1. The van der Waals surface area contributed by atoms with Gasteiger partial charge in [-0.2, -0.15) is 0 Å². The molecule has 2 rings (SSSR count). The molecule has 8 amide bonds. The molecule has 0 bridgehead atoms. The molecule has 0 aliphatic carbocycles. The van der Waals surface area contributed by atoms with Crippen molar-refractivity contribution in [2.45, 2.75) is 155 Å². The number of hydrogen-bond donors (Lipinski definition) is 5. The van der Waals surface area contributed by atoms with E-state index in [0.717, 1.165) is 19.3 Å². The SMILES string of the molecule is CC(=O)N[C@H](C(=O)N(C)[C@@H](CC(C)C)C(=O)N[C@@H](CC(C)C)C(=O)N(C)[C@@H](Cc1ccccc1)C(=O)N[C@@H](COC(C)(C)C)C(=O)N[C@@H](CC(=O)N(C)C)C(=O)N1CCCCC1)C(C)O. The highest BCUT2D eigenvalue weighted by Crippen LogP contribution is 2.19. The minimum absolute atomic E-state index is 0.0101. The number of likely N-dealkylation sites (tertiary alicyclic amines) is 1. The summed E-state index contributed by atoms with van der Waals surface area (Å²) >= 11 is 0. The third-order valence-corrected chi connectivity index (χ3v) is 11.1. The fraction of sp³-hybridized carbons (Fsp3) is 0.702. The van der Waals surface area contributed by atoms with E-state index in [2.05, 4.69) is 21.3 Å². The number of hydrogen-bond acceptors (Lipinski definition) is 10. The number of aliphatic hydroxyl groups is 1. The van der Waals surface area contributed by atoms with Crippen LogP contribution in [0.4, 0.5) is 0 Å². The summed E-state index contributed by atoms with van der Waals surface area (Å²) in [7, 11) is 5.96. The van der Waals surface area contributed by atoms with Crippen molar-refractivity contribution in [1.29, 1.82) is 0 Å². The number of carbonyl (C=O) groups excluding carboxylic acids is 8. The summed E-state index contributed by atoms with van der Waals surface area (Å²) in [5.74, 6) is -4.95. The van der Waals surface area contributed by atoms with Gasteiger partial charge in [-0.05, 0) is 77.2 Å². The van der Waals surface area contributed by atoms with Crippen molar-refractivity contribution in [2.75, 3.05) is 47.9 Å². The van der Waals surface area contributed by atoms with E-state index in [0.29, 0.717) is 18.7 Å². The fourth-order valence-electron chi connectivity index (χ4n) is 7.42. The molecule has 1 saturated heterocycles. The van der Waals surface area contributed by atoms with Gasteiger partial charge in [0.05, 0.1) is 24.7 Å². The van der Waals surface area contributed by atoms with Gasteiger partial charge < -0.3 is 50.7 Å². The molecule has 366 valence electrons. The first-order valence-electron chi connectivity index (χ1n) is 22.8. The Balaban J connectivity index is 2.57. The van der Waals surface area contributed by atoms with E-state index in [9.17, 15) is 43.5 Å². The Bertz CT molecular complexity index is 1760. The van der Waals surface area contributed by atoms with Crippen LogP contribution in [0.3, 0.4) is 0 Å². The zero-order chi connectivity index (χ0) is 49.3. The Morgan fingerprint density at radius 3 is 1.72 bits per heavy atom. The van der Waals surface area contributed by atoms with Crippen molar-refractivity contribution in [3.63, 3.8) is 0 Å². The highest BCUT2D eigenvalue weighted by molar-refractivity contribution is 5.98. The van der Waals surface area contributed by atoms with Crippen LogP contribution in [0.25, 0.3) is 0 Å². The van der Waals surface area contributed by atoms with E-state index in [1.54, 1.807) is 64.0 Å². The summed E-state index contributed by atoms with van der Waals surface area (Å²) in [5.41, 5.74) is -0.0547. The van der Waals surface area contributed by atoms with Crippen molar-refractivity contribution < 1.29 is 48.2 Å². The van der Waals surface area contributed by atoms with Crippen molar-refractivity contribution in [3.8, 4) is 0 Å². The van der Waals surface area contributed by atoms with E-state index in [-0.39, 0.29) is 50.0 Å². The molecule has 0 radical (unpaired) electrons. The van der Waals surface area contributed by atoms with Crippen LogP contribution in [0.5, 0.6) is 0 Å². The van der Waals surface area contributed by atoms with Gasteiger partial charge in [-0.25, -0.2) is 0 Å². The van der Waals surface area contributed by atoms with Crippen LogP contribution in [-0.4, -0.2) is 168 Å². The average molecular weight is 915 g/mol. The van der Waals surface area contributed by atoms with Gasteiger partial charge in [-0.15, -0.1) is 0 Å². The summed E-state index contributed by atoms with van der Waals surface area (Å²) in [6.45, 7) is 16.1. The van der Waals surface area contributed by atoms with Crippen LogP contribution in [-0.2, 0) is 49.5 Å². The largest absolute Gasteiger partial charge is 0.391 e. The Morgan fingerprint density at radius 1 is 0.692 bits per heavy atom. The number of rotatable bonds is 23. The summed E-state index contributed by atoms with van der Waals surface area (Å²) in [4.78, 5) is 116. The van der Waals surface area contributed by atoms with Crippen molar-refractivity contribution >= 4 is 47.3 Å². The molecule has 1 aromatic rings. The topological polar surface area (TPSA) is 227 Å². The van der Waals surface area contributed by atoms with Gasteiger partial charge in [0.2, 0.25) is 47.3 Å². The molecule has 1 heterocycles. The zero-order valence-electron chi connectivity index (χ0n) is 41.1. The molecule has 1 unspecified atom stereocenters. The van der Waals surface area contributed by atoms with Crippen LogP contribution in [0.15, 0.2) is 30.3 Å². The van der Waals surface area contributed by atoms with Gasteiger partial charge in [0, 0.05) is 54.6 Å². The number of nitrogens with zero attached hydrogens (tertiary/aromatic N) is 4. The molecule has 18 nitrogen and oxygen atoms in total. The quantitative estimate of drug-likeness (QED) is 0.107. The first kappa shape index (κ1) is 56.0. The lowest BCUT2D eigenvalue weighted by Crippen LogP contribution is -2.62. The van der Waals surface area contributed by atoms with E-state index in [1.165, 1.54) is 42.6 Å². The van der Waals surface area contributed by atoms with Gasteiger partial charge >= 0.3 is 0 Å². The molecule has 65 heavy (non-hydrogen) atoms. The van der Waals surface area contributed by atoms with Gasteiger partial charge in [0.1, 0.15) is 36.3 Å². The van der Waals surface area contributed by atoms with Crippen LogP contribution in [0, 0.1) is 11.8 Å². The van der Waals surface area contributed by atoms with Crippen molar-refractivity contribution in [1.82, 2.24) is 40.9 Å². The summed E-state index contributed by atoms with van der Waals surface area (Å²) in [6, 6.07) is 1.56. The number of aliphatic hydroxyl groups excluding tert-OH is 1. The maximum absolute atomic E-state index is 14.7. The summed E-state index contributed by atoms with van der Waals surface area (Å²) < 4.78 is 6.02. The predicted octanol–water partition coefficient (Wildman–Crippen LogP) is 1.62. The number of likely N-dealkylation sites (N-methyl/N-ethyl adjacent to an activating group) is 2. The molecule has 1 aliphatic rings. The molecular formula is C47H78N8O10. The number of piperidine rings is 1. The Morgan fingerprint density at radius 2 is 1.22 bits per heavy atom. The van der Waals surface area contributed by atoms with Gasteiger partial charge in [0.15, 0.2) is 0 Å². The molecule has 1 aliphatic heterocycles. The van der Waals surface area contributed by atoms with Crippen LogP contribution in [0.1, 0.15) is 106 Å². The Kier molecular flexibility index (Phi) is 22.5. The van der Waals surface area contributed by atoms with E-state index >= 15 is 0 Å². The molecular weight excluding hydrogens is 837 g/mol. The molecule has 0 saturated carbocycles.